The van der Waals surface area contributed by atoms with E-state index in [1.165, 1.54) is 0 Å². The molecule has 1 amide bonds. The molecule has 2 rings (SSSR count). The third-order valence-corrected chi connectivity index (χ3v) is 3.28. The summed E-state index contributed by atoms with van der Waals surface area (Å²) in [5, 5.41) is 2.74. The van der Waals surface area contributed by atoms with Crippen LogP contribution in [-0.4, -0.2) is 40.9 Å². The fourth-order valence-corrected chi connectivity index (χ4v) is 2.53. The van der Waals surface area contributed by atoms with E-state index in [4.69, 9.17) is 4.74 Å². The first-order valence-electron chi connectivity index (χ1n) is 4.33. The normalized spacial score (nSPS) is 28.2. The van der Waals surface area contributed by atoms with E-state index < -0.39 is 5.60 Å². The molecule has 1 spiro atoms. The second kappa shape index (κ2) is 3.23. The van der Waals surface area contributed by atoms with Crippen molar-refractivity contribution in [3.63, 3.8) is 0 Å². The fraction of sp³-hybridized carbons (Fsp3) is 0.750. The van der Waals surface area contributed by atoms with Crippen molar-refractivity contribution < 1.29 is 27.7 Å². The molecule has 1 N–H and O–H groups in total. The first-order chi connectivity index (χ1) is 6.12. The molecule has 74 valence electrons. The Morgan fingerprint density at radius 2 is 2.15 bits per heavy atom. The fourth-order valence-electron chi connectivity index (χ4n) is 1.75. The summed E-state index contributed by atoms with van der Waals surface area (Å²) in [5.41, 5.74) is -0.538. The average molecular weight is 358 g/mol. The summed E-state index contributed by atoms with van der Waals surface area (Å²) in [4.78, 5) is 13.8. The Kier molecular flexibility index (Phi) is 2.35. The zero-order chi connectivity index (χ0) is 9.47. The van der Waals surface area contributed by atoms with Crippen LogP contribution < -0.4 is 5.32 Å². The molecule has 2 aliphatic rings. The summed E-state index contributed by atoms with van der Waals surface area (Å²) in [5.74, 6) is 0.0469. The minimum absolute atomic E-state index is 0.0469. The van der Waals surface area contributed by atoms with Crippen molar-refractivity contribution in [2.75, 3.05) is 20.1 Å². The third kappa shape index (κ3) is 1.61. The van der Waals surface area contributed by atoms with Gasteiger partial charge in [0.15, 0.2) is 0 Å². The first-order valence-corrected chi connectivity index (χ1v) is 5.60. The molecule has 0 saturated carbocycles. The van der Waals surface area contributed by atoms with Crippen LogP contribution in [0.1, 0.15) is 12.8 Å². The first kappa shape index (κ1) is 9.45. The van der Waals surface area contributed by atoms with E-state index in [1.807, 2.05) is 0 Å². The molecule has 2 aliphatic heterocycles. The molecular formula is C8H12N2O2Os. The second-order valence-electron chi connectivity index (χ2n) is 3.62. The molecule has 2 heterocycles. The van der Waals surface area contributed by atoms with Crippen LogP contribution in [0.5, 0.6) is 0 Å². The average Bonchev–Trinajstić information content (AvgIpc) is 2.34. The summed E-state index contributed by atoms with van der Waals surface area (Å²) in [6.45, 7) is 1.87. The van der Waals surface area contributed by atoms with Crippen LogP contribution in [0.4, 0.5) is 0 Å². The van der Waals surface area contributed by atoms with Crippen molar-refractivity contribution in [1.29, 1.82) is 0 Å². The van der Waals surface area contributed by atoms with E-state index in [0.29, 0.717) is 4.38 Å². The molecule has 4 nitrogen and oxygen atoms in total. The van der Waals surface area contributed by atoms with Gasteiger partial charge in [0.05, 0.1) is 0 Å². The van der Waals surface area contributed by atoms with Gasteiger partial charge in [-0.25, -0.2) is 0 Å². The van der Waals surface area contributed by atoms with E-state index in [9.17, 15) is 4.79 Å². The molecule has 0 aromatic carbocycles. The zero-order valence-electron chi connectivity index (χ0n) is 7.45. The predicted octanol–water partition coefficient (Wildman–Crippen LogP) is -0.769. The van der Waals surface area contributed by atoms with Crippen LogP contribution in [0.2, 0.25) is 0 Å². The number of amides is 1. The topological polar surface area (TPSA) is 41.6 Å². The van der Waals surface area contributed by atoms with Gasteiger partial charge in [-0.15, -0.1) is 0 Å². The van der Waals surface area contributed by atoms with Crippen molar-refractivity contribution >= 4 is 10.3 Å². The van der Waals surface area contributed by atoms with Crippen molar-refractivity contribution in [3.8, 4) is 0 Å². The molecule has 0 aromatic rings. The number of nitrogens with zero attached hydrogens (tertiary/aromatic N) is 1. The van der Waals surface area contributed by atoms with Gasteiger partial charge in [0.25, 0.3) is 0 Å². The van der Waals surface area contributed by atoms with Crippen molar-refractivity contribution in [1.82, 2.24) is 10.2 Å². The zero-order valence-corrected chi connectivity index (χ0v) is 9.99. The van der Waals surface area contributed by atoms with Gasteiger partial charge in [-0.1, -0.05) is 0 Å². The Bertz CT molecular complexity index is 259. The molecule has 0 unspecified atom stereocenters. The monoisotopic (exact) mass is 360 g/mol. The molecule has 0 atom stereocenters. The van der Waals surface area contributed by atoms with E-state index in [0.717, 1.165) is 25.9 Å². The number of hydrogen-bond acceptors (Lipinski definition) is 3. The van der Waals surface area contributed by atoms with Gasteiger partial charge in [0.2, 0.25) is 0 Å². The Labute approximate surface area is 87.0 Å². The van der Waals surface area contributed by atoms with Crippen LogP contribution in [0.3, 0.4) is 0 Å². The van der Waals surface area contributed by atoms with Gasteiger partial charge in [-0.05, 0) is 0 Å². The van der Waals surface area contributed by atoms with Gasteiger partial charge in [-0.2, -0.15) is 0 Å². The van der Waals surface area contributed by atoms with E-state index in [-0.39, 0.29) is 5.91 Å². The molecule has 0 radical (unpaired) electrons. The van der Waals surface area contributed by atoms with Crippen molar-refractivity contribution in [3.05, 3.63) is 0 Å². The maximum absolute atomic E-state index is 11.6. The molecule has 13 heavy (non-hydrogen) atoms. The summed E-state index contributed by atoms with van der Waals surface area (Å²) in [6.07, 6.45) is 1.61. The summed E-state index contributed by atoms with van der Waals surface area (Å²) in [7, 11) is 2.07. The van der Waals surface area contributed by atoms with Gasteiger partial charge < -0.3 is 0 Å². The number of carbonyl (C=O) groups excluding carboxylic acids is 1. The van der Waals surface area contributed by atoms with E-state index >= 15 is 0 Å². The minimum atomic E-state index is -0.538. The maximum atomic E-state index is 11.6. The number of likely N-dealkylation sites (tertiary alicyclic amines) is 1. The third-order valence-electron chi connectivity index (χ3n) is 2.70. The summed E-state index contributed by atoms with van der Waals surface area (Å²) < 4.78 is 6.27. The molecule has 5 heteroatoms. The predicted molar refractivity (Wildman–Crippen MR) is 43.7 cm³/mol. The number of nitrogens with one attached hydrogen (secondary N) is 1. The van der Waals surface area contributed by atoms with Crippen LogP contribution in [0.25, 0.3) is 0 Å². The number of carbonyl (C=O) groups is 1. The Morgan fingerprint density at radius 1 is 1.54 bits per heavy atom. The standard InChI is InChI=1S/C8H12N2O2.Os/c1-10-4-2-8(3-5-10)7(11)9-6-12-8;/h2-5H2,1H3,(H,9,11);. The Hall–Kier alpha value is -0.104. The van der Waals surface area contributed by atoms with Gasteiger partial charge >= 0.3 is 86.8 Å². The molecular weight excluding hydrogens is 346 g/mol. The number of piperidine rings is 1. The Balaban J connectivity index is 2.13. The van der Waals surface area contributed by atoms with Gasteiger partial charge in [0.1, 0.15) is 0 Å². The number of hydrogen-bond donors (Lipinski definition) is 1. The SMILES string of the molecule is CN1CCC2(CC1)O[C](=[Os])NC2=O. The molecule has 0 bridgehead atoms. The number of rotatable bonds is 0. The summed E-state index contributed by atoms with van der Waals surface area (Å²) >= 11 is 1.60. The van der Waals surface area contributed by atoms with Crippen LogP contribution in [0, 0.1) is 0 Å². The van der Waals surface area contributed by atoms with Crippen LogP contribution >= 0.6 is 0 Å². The quantitative estimate of drug-likeness (QED) is 0.619. The molecule has 2 fully saturated rings. The molecule has 2 saturated heterocycles. The van der Waals surface area contributed by atoms with E-state index in [1.54, 1.807) is 18.1 Å². The van der Waals surface area contributed by atoms with Crippen molar-refractivity contribution in [2.24, 2.45) is 0 Å². The van der Waals surface area contributed by atoms with Gasteiger partial charge in [-0.3, -0.25) is 0 Å². The van der Waals surface area contributed by atoms with Gasteiger partial charge in [0, 0.05) is 0 Å². The van der Waals surface area contributed by atoms with Crippen molar-refractivity contribution in [2.45, 2.75) is 18.4 Å². The van der Waals surface area contributed by atoms with Crippen LogP contribution in [-0.2, 0) is 27.7 Å². The molecule has 0 aliphatic carbocycles. The molecule has 0 aromatic heterocycles. The van der Waals surface area contributed by atoms with Crippen LogP contribution in [0.15, 0.2) is 0 Å². The Morgan fingerprint density at radius 3 is 2.62 bits per heavy atom. The summed E-state index contributed by atoms with van der Waals surface area (Å²) in [6, 6.07) is 0. The number of ether oxygens (including phenoxy) is 1. The van der Waals surface area contributed by atoms with E-state index in [2.05, 4.69) is 17.3 Å². The second-order valence-corrected chi connectivity index (χ2v) is 4.77.